The molecule has 2 saturated heterocycles. The zero-order valence-corrected chi connectivity index (χ0v) is 15.3. The predicted molar refractivity (Wildman–Crippen MR) is 92.4 cm³/mol. The number of hydrogen-bond acceptors (Lipinski definition) is 5. The number of piperidine rings is 1. The number of aliphatic carboxylic acids is 1. The van der Waals surface area contributed by atoms with Gasteiger partial charge in [0, 0.05) is 19.6 Å². The molecule has 0 radical (unpaired) electrons. The fraction of sp³-hybridized carbons (Fsp3) is 0.556. The van der Waals surface area contributed by atoms with Crippen LogP contribution in [-0.4, -0.2) is 71.3 Å². The number of ether oxygens (including phenoxy) is 1. The molecule has 1 amide bonds. The maximum absolute atomic E-state index is 11.8. The van der Waals surface area contributed by atoms with Crippen LogP contribution in [0.3, 0.4) is 0 Å². The second kappa shape index (κ2) is 9.24. The average Bonchev–Trinajstić information content (AvgIpc) is 3.14. The Balaban J connectivity index is 0.000000345. The predicted octanol–water partition coefficient (Wildman–Crippen LogP) is 2.29. The van der Waals surface area contributed by atoms with E-state index in [1.54, 1.807) is 12.3 Å². The first-order valence-corrected chi connectivity index (χ1v) is 8.73. The van der Waals surface area contributed by atoms with E-state index in [0.29, 0.717) is 13.1 Å². The van der Waals surface area contributed by atoms with Crippen LogP contribution in [0.1, 0.15) is 18.6 Å². The fourth-order valence-corrected chi connectivity index (χ4v) is 3.15. The summed E-state index contributed by atoms with van der Waals surface area (Å²) >= 11 is 0. The van der Waals surface area contributed by atoms with Gasteiger partial charge in [-0.05, 0) is 25.0 Å². The van der Waals surface area contributed by atoms with E-state index in [0.717, 1.165) is 38.2 Å². The molecule has 1 spiro atoms. The number of halogens is 3. The molecule has 3 heterocycles. The molecule has 28 heavy (non-hydrogen) atoms. The molecule has 2 fully saturated rings. The lowest BCUT2D eigenvalue weighted by Gasteiger charge is -2.46. The van der Waals surface area contributed by atoms with Gasteiger partial charge in [0.25, 0.3) is 0 Å². The fourth-order valence-electron chi connectivity index (χ4n) is 3.15. The molecule has 7 nitrogen and oxygen atoms in total. The van der Waals surface area contributed by atoms with Gasteiger partial charge >= 0.3 is 12.1 Å². The Morgan fingerprint density at radius 2 is 2.00 bits per heavy atom. The second-order valence-corrected chi connectivity index (χ2v) is 6.69. The summed E-state index contributed by atoms with van der Waals surface area (Å²) in [5.74, 6) is -1.69. The van der Waals surface area contributed by atoms with E-state index < -0.39 is 12.1 Å². The molecule has 156 valence electrons. The van der Waals surface area contributed by atoms with Gasteiger partial charge in [0.15, 0.2) is 0 Å². The number of alkyl halides is 3. The number of carboxylic acid groups (broad SMARTS) is 1. The van der Waals surface area contributed by atoms with Crippen molar-refractivity contribution in [3.63, 3.8) is 0 Å². The summed E-state index contributed by atoms with van der Waals surface area (Å²) < 4.78 is 43.0. The number of carbonyl (C=O) groups excluding carboxylic acids is 1. The van der Waals surface area contributed by atoms with E-state index in [4.69, 9.17) is 19.1 Å². The molecule has 3 rings (SSSR count). The van der Waals surface area contributed by atoms with E-state index in [-0.39, 0.29) is 18.1 Å². The average molecular weight is 404 g/mol. The van der Waals surface area contributed by atoms with Gasteiger partial charge in [-0.15, -0.1) is 6.58 Å². The third kappa shape index (κ3) is 6.10. The van der Waals surface area contributed by atoms with Crippen molar-refractivity contribution >= 4 is 11.9 Å². The first kappa shape index (κ1) is 22.0. The minimum Gasteiger partial charge on any atom is -0.475 e. The van der Waals surface area contributed by atoms with Crippen LogP contribution in [0.15, 0.2) is 35.5 Å². The highest BCUT2D eigenvalue weighted by Crippen LogP contribution is 2.31. The van der Waals surface area contributed by atoms with Crippen molar-refractivity contribution < 1.29 is 37.0 Å². The van der Waals surface area contributed by atoms with Crippen LogP contribution < -0.4 is 0 Å². The Labute approximate surface area is 160 Å². The Hall–Kier alpha value is -2.33. The van der Waals surface area contributed by atoms with Gasteiger partial charge in [-0.3, -0.25) is 9.69 Å². The third-order valence-corrected chi connectivity index (χ3v) is 4.65. The van der Waals surface area contributed by atoms with Gasteiger partial charge < -0.3 is 19.2 Å². The van der Waals surface area contributed by atoms with Crippen LogP contribution in [0, 0.1) is 0 Å². The molecular formula is C18H23F3N2O5. The highest BCUT2D eigenvalue weighted by atomic mass is 19.4. The van der Waals surface area contributed by atoms with Crippen LogP contribution in [0.4, 0.5) is 13.2 Å². The summed E-state index contributed by atoms with van der Waals surface area (Å²) in [6.07, 6.45) is 0.315. The lowest BCUT2D eigenvalue weighted by molar-refractivity contribution is -0.192. The quantitative estimate of drug-likeness (QED) is 0.776. The normalized spacial score (nSPS) is 19.8. The Kier molecular flexibility index (Phi) is 7.25. The van der Waals surface area contributed by atoms with Crippen LogP contribution in [-0.2, 0) is 20.9 Å². The number of likely N-dealkylation sites (tertiary alicyclic amines) is 1. The highest BCUT2D eigenvalue weighted by Gasteiger charge is 2.42. The maximum atomic E-state index is 11.8. The van der Waals surface area contributed by atoms with Crippen LogP contribution >= 0.6 is 0 Å². The van der Waals surface area contributed by atoms with E-state index >= 15 is 0 Å². The number of carboxylic acids is 1. The topological polar surface area (TPSA) is 83.2 Å². The monoisotopic (exact) mass is 404 g/mol. The summed E-state index contributed by atoms with van der Waals surface area (Å²) in [6, 6.07) is 3.93. The number of rotatable bonds is 4. The van der Waals surface area contributed by atoms with E-state index in [9.17, 15) is 18.0 Å². The number of furan rings is 1. The summed E-state index contributed by atoms with van der Waals surface area (Å²) in [4.78, 5) is 24.9. The Bertz CT molecular complexity index is 667. The van der Waals surface area contributed by atoms with Crippen molar-refractivity contribution in [3.8, 4) is 0 Å². The number of hydrogen-bond donors (Lipinski definition) is 1. The molecule has 0 saturated carbocycles. The standard InChI is InChI=1S/C16H22N2O3.C2HF3O2/c1-2-7-18-13-16(21-12-15(18)19)5-8-17(9-6-16)11-14-4-3-10-20-14;3-2(4,5)1(6)7/h2-4,10H,1,5-9,11-13H2;(H,6,7). The largest absolute Gasteiger partial charge is 0.490 e. The van der Waals surface area contributed by atoms with Gasteiger partial charge in [-0.1, -0.05) is 6.08 Å². The van der Waals surface area contributed by atoms with Gasteiger partial charge in [-0.2, -0.15) is 13.2 Å². The zero-order chi connectivity index (χ0) is 20.8. The van der Waals surface area contributed by atoms with Crippen molar-refractivity contribution in [1.82, 2.24) is 9.80 Å². The summed E-state index contributed by atoms with van der Waals surface area (Å²) in [6.45, 7) is 8.01. The SMILES string of the molecule is C=CCN1CC2(CCN(Cc3ccco3)CC2)OCC1=O.O=C(O)C(F)(F)F. The minimum atomic E-state index is -5.08. The van der Waals surface area contributed by atoms with Gasteiger partial charge in [0.1, 0.15) is 12.4 Å². The van der Waals surface area contributed by atoms with E-state index in [1.807, 2.05) is 17.0 Å². The Morgan fingerprint density at radius 3 is 2.50 bits per heavy atom. The molecule has 0 bridgehead atoms. The number of amides is 1. The summed E-state index contributed by atoms with van der Waals surface area (Å²) in [5.41, 5.74) is -0.170. The van der Waals surface area contributed by atoms with Crippen LogP contribution in [0.5, 0.6) is 0 Å². The van der Waals surface area contributed by atoms with Crippen molar-refractivity contribution in [1.29, 1.82) is 0 Å². The Morgan fingerprint density at radius 1 is 1.36 bits per heavy atom. The molecular weight excluding hydrogens is 381 g/mol. The van der Waals surface area contributed by atoms with Crippen molar-refractivity contribution in [2.45, 2.75) is 31.2 Å². The molecule has 0 atom stereocenters. The molecule has 1 aromatic heterocycles. The number of morpholine rings is 1. The molecule has 2 aliphatic heterocycles. The summed E-state index contributed by atoms with van der Waals surface area (Å²) in [5, 5.41) is 7.12. The number of nitrogens with zero attached hydrogens (tertiary/aromatic N) is 2. The molecule has 0 unspecified atom stereocenters. The molecule has 1 N–H and O–H groups in total. The lowest BCUT2D eigenvalue weighted by atomic mass is 9.89. The molecule has 0 aromatic carbocycles. The van der Waals surface area contributed by atoms with Crippen LogP contribution in [0.2, 0.25) is 0 Å². The van der Waals surface area contributed by atoms with Crippen molar-refractivity contribution in [2.24, 2.45) is 0 Å². The van der Waals surface area contributed by atoms with Crippen molar-refractivity contribution in [2.75, 3.05) is 32.8 Å². The third-order valence-electron chi connectivity index (χ3n) is 4.65. The zero-order valence-electron chi connectivity index (χ0n) is 15.3. The van der Waals surface area contributed by atoms with Crippen LogP contribution in [0.25, 0.3) is 0 Å². The molecule has 1 aromatic rings. The molecule has 2 aliphatic rings. The van der Waals surface area contributed by atoms with Gasteiger partial charge in [-0.25, -0.2) is 4.79 Å². The molecule has 10 heteroatoms. The number of carbonyl (C=O) groups is 2. The van der Waals surface area contributed by atoms with Crippen molar-refractivity contribution in [3.05, 3.63) is 36.8 Å². The second-order valence-electron chi connectivity index (χ2n) is 6.69. The minimum absolute atomic E-state index is 0.0681. The van der Waals surface area contributed by atoms with Gasteiger partial charge in [0.05, 0.1) is 25.0 Å². The highest BCUT2D eigenvalue weighted by molar-refractivity contribution is 5.78. The first-order chi connectivity index (χ1) is 13.1. The first-order valence-electron chi connectivity index (χ1n) is 8.73. The summed E-state index contributed by atoms with van der Waals surface area (Å²) in [7, 11) is 0. The smallest absolute Gasteiger partial charge is 0.475 e. The van der Waals surface area contributed by atoms with Gasteiger partial charge in [0.2, 0.25) is 5.91 Å². The van der Waals surface area contributed by atoms with E-state index in [2.05, 4.69) is 11.5 Å². The molecule has 0 aliphatic carbocycles. The lowest BCUT2D eigenvalue weighted by Crippen LogP contribution is -2.58. The van der Waals surface area contributed by atoms with E-state index in [1.165, 1.54) is 0 Å². The maximum Gasteiger partial charge on any atom is 0.490 e.